The lowest BCUT2D eigenvalue weighted by Crippen LogP contribution is -2.32. The van der Waals surface area contributed by atoms with Crippen molar-refractivity contribution < 1.29 is 17.9 Å². The molecular weight excluding hydrogens is 206 g/mol. The molecule has 82 valence electrons. The van der Waals surface area contributed by atoms with E-state index in [9.17, 15) is 13.2 Å². The zero-order valence-corrected chi connectivity index (χ0v) is 8.97. The lowest BCUT2D eigenvalue weighted by atomic mass is 10.3. The van der Waals surface area contributed by atoms with Crippen molar-refractivity contribution in [3.63, 3.8) is 0 Å². The van der Waals surface area contributed by atoms with Crippen LogP contribution in [0, 0.1) is 0 Å². The number of ether oxygens (including phenoxy) is 1. The van der Waals surface area contributed by atoms with E-state index in [2.05, 4.69) is 11.3 Å². The van der Waals surface area contributed by atoms with Crippen molar-refractivity contribution in [1.29, 1.82) is 0 Å². The van der Waals surface area contributed by atoms with Gasteiger partial charge in [0.2, 0.25) is 10.0 Å². The van der Waals surface area contributed by atoms with Crippen LogP contribution < -0.4 is 4.72 Å². The SMILES string of the molecule is C=CCCCS(=O)(=O)NC(=O)OCC. The van der Waals surface area contributed by atoms with E-state index in [-0.39, 0.29) is 12.4 Å². The number of hydrogen-bond acceptors (Lipinski definition) is 4. The second-order valence-corrected chi connectivity index (χ2v) is 4.41. The molecule has 0 aliphatic rings. The number of amides is 1. The number of hydrogen-bond donors (Lipinski definition) is 1. The van der Waals surface area contributed by atoms with Gasteiger partial charge in [-0.1, -0.05) is 6.08 Å². The van der Waals surface area contributed by atoms with E-state index in [1.54, 1.807) is 17.7 Å². The third-order valence-corrected chi connectivity index (χ3v) is 2.64. The lowest BCUT2D eigenvalue weighted by molar-refractivity contribution is 0.158. The third-order valence-electron chi connectivity index (χ3n) is 1.34. The molecule has 0 aromatic rings. The van der Waals surface area contributed by atoms with Gasteiger partial charge in [-0.25, -0.2) is 17.9 Å². The summed E-state index contributed by atoms with van der Waals surface area (Å²) in [6.07, 6.45) is 1.74. The van der Waals surface area contributed by atoms with E-state index in [4.69, 9.17) is 0 Å². The Labute approximate surface area is 84.2 Å². The Morgan fingerprint density at radius 3 is 2.71 bits per heavy atom. The van der Waals surface area contributed by atoms with Crippen molar-refractivity contribution in [2.45, 2.75) is 19.8 Å². The van der Waals surface area contributed by atoms with Crippen LogP contribution in [0.1, 0.15) is 19.8 Å². The largest absolute Gasteiger partial charge is 0.449 e. The van der Waals surface area contributed by atoms with Gasteiger partial charge in [-0.3, -0.25) is 0 Å². The molecule has 5 nitrogen and oxygen atoms in total. The third kappa shape index (κ3) is 6.47. The quantitative estimate of drug-likeness (QED) is 0.537. The Kier molecular flexibility index (Phi) is 5.94. The first-order valence-electron chi connectivity index (χ1n) is 4.30. The predicted molar refractivity (Wildman–Crippen MR) is 53.4 cm³/mol. The minimum atomic E-state index is -3.55. The van der Waals surface area contributed by atoms with Crippen LogP contribution in [-0.4, -0.2) is 26.9 Å². The molecule has 0 aliphatic heterocycles. The maximum absolute atomic E-state index is 11.1. The van der Waals surface area contributed by atoms with Crippen LogP contribution >= 0.6 is 0 Å². The fourth-order valence-corrected chi connectivity index (χ4v) is 1.72. The van der Waals surface area contributed by atoms with Crippen molar-refractivity contribution in [2.24, 2.45) is 0 Å². The second kappa shape index (κ2) is 6.42. The number of carbonyl (C=O) groups excluding carboxylic acids is 1. The highest BCUT2D eigenvalue weighted by molar-refractivity contribution is 7.90. The van der Waals surface area contributed by atoms with Crippen LogP contribution in [0.15, 0.2) is 12.7 Å². The molecule has 0 bridgehead atoms. The van der Waals surface area contributed by atoms with Crippen molar-refractivity contribution in [3.05, 3.63) is 12.7 Å². The number of unbranched alkanes of at least 4 members (excludes halogenated alkanes) is 1. The molecule has 0 saturated carbocycles. The zero-order chi connectivity index (χ0) is 11.0. The van der Waals surface area contributed by atoms with E-state index in [1.807, 2.05) is 0 Å². The average Bonchev–Trinajstić information content (AvgIpc) is 2.03. The first kappa shape index (κ1) is 13.0. The highest BCUT2D eigenvalue weighted by atomic mass is 32.2. The van der Waals surface area contributed by atoms with Crippen LogP contribution in [0.5, 0.6) is 0 Å². The summed E-state index contributed by atoms with van der Waals surface area (Å²) in [5, 5.41) is 0. The Morgan fingerprint density at radius 1 is 1.57 bits per heavy atom. The van der Waals surface area contributed by atoms with Crippen LogP contribution in [0.2, 0.25) is 0 Å². The summed E-state index contributed by atoms with van der Waals surface area (Å²) in [5.41, 5.74) is 0. The minimum absolute atomic E-state index is 0.0994. The van der Waals surface area contributed by atoms with Crippen LogP contribution in [0.3, 0.4) is 0 Å². The summed E-state index contributed by atoms with van der Waals surface area (Å²) in [6, 6.07) is 0. The van der Waals surface area contributed by atoms with Crippen molar-refractivity contribution in [2.75, 3.05) is 12.4 Å². The number of allylic oxidation sites excluding steroid dienone is 1. The fourth-order valence-electron chi connectivity index (χ4n) is 0.756. The van der Waals surface area contributed by atoms with Crippen molar-refractivity contribution >= 4 is 16.1 Å². The summed E-state index contributed by atoms with van der Waals surface area (Å²) in [5.74, 6) is -0.0994. The summed E-state index contributed by atoms with van der Waals surface area (Å²) >= 11 is 0. The van der Waals surface area contributed by atoms with Crippen LogP contribution in [0.4, 0.5) is 4.79 Å². The fraction of sp³-hybridized carbons (Fsp3) is 0.625. The molecule has 6 heteroatoms. The topological polar surface area (TPSA) is 72.5 Å². The van der Waals surface area contributed by atoms with E-state index < -0.39 is 16.1 Å². The van der Waals surface area contributed by atoms with Gasteiger partial charge in [-0.15, -0.1) is 6.58 Å². The molecule has 0 aromatic heterocycles. The first-order valence-corrected chi connectivity index (χ1v) is 5.95. The molecule has 0 saturated heterocycles. The van der Waals surface area contributed by atoms with Gasteiger partial charge in [0.25, 0.3) is 0 Å². The van der Waals surface area contributed by atoms with Crippen LogP contribution in [-0.2, 0) is 14.8 Å². The van der Waals surface area contributed by atoms with E-state index in [0.717, 1.165) is 0 Å². The van der Waals surface area contributed by atoms with Gasteiger partial charge in [-0.2, -0.15) is 0 Å². The molecule has 0 heterocycles. The molecule has 0 spiro atoms. The zero-order valence-electron chi connectivity index (χ0n) is 8.15. The summed E-state index contributed by atoms with van der Waals surface area (Å²) < 4.78 is 28.5. The monoisotopic (exact) mass is 221 g/mol. The van der Waals surface area contributed by atoms with Gasteiger partial charge in [0.15, 0.2) is 0 Å². The molecule has 0 atom stereocenters. The molecule has 0 rings (SSSR count). The van der Waals surface area contributed by atoms with Gasteiger partial charge >= 0.3 is 6.09 Å². The van der Waals surface area contributed by atoms with Crippen LogP contribution in [0.25, 0.3) is 0 Å². The molecule has 0 fully saturated rings. The lowest BCUT2D eigenvalue weighted by Gasteiger charge is -2.05. The molecular formula is C8H15NO4S. The average molecular weight is 221 g/mol. The predicted octanol–water partition coefficient (Wildman–Crippen LogP) is 1.03. The molecule has 0 aromatic carbocycles. The Morgan fingerprint density at radius 2 is 2.21 bits per heavy atom. The second-order valence-electron chi connectivity index (χ2n) is 2.57. The maximum atomic E-state index is 11.1. The number of carbonyl (C=O) groups is 1. The first-order chi connectivity index (χ1) is 6.52. The van der Waals surface area contributed by atoms with Crippen molar-refractivity contribution in [1.82, 2.24) is 4.72 Å². The maximum Gasteiger partial charge on any atom is 0.420 e. The normalized spacial score (nSPS) is 10.6. The smallest absolute Gasteiger partial charge is 0.420 e. The van der Waals surface area contributed by atoms with Gasteiger partial charge in [0.1, 0.15) is 0 Å². The highest BCUT2D eigenvalue weighted by Gasteiger charge is 2.13. The molecule has 1 N–H and O–H groups in total. The number of nitrogens with one attached hydrogen (secondary N) is 1. The number of rotatable bonds is 6. The standard InChI is InChI=1S/C8H15NO4S/c1-3-5-6-7-14(11,12)9-8(10)13-4-2/h3H,1,4-7H2,2H3,(H,9,10). The summed E-state index contributed by atoms with van der Waals surface area (Å²) in [7, 11) is -3.55. The molecule has 0 aliphatic carbocycles. The molecule has 0 unspecified atom stereocenters. The van der Waals surface area contributed by atoms with Gasteiger partial charge in [-0.05, 0) is 19.8 Å². The van der Waals surface area contributed by atoms with E-state index in [0.29, 0.717) is 12.8 Å². The van der Waals surface area contributed by atoms with E-state index in [1.165, 1.54) is 0 Å². The van der Waals surface area contributed by atoms with Gasteiger partial charge in [0, 0.05) is 0 Å². The Balaban J connectivity index is 3.94. The molecule has 0 radical (unpaired) electrons. The van der Waals surface area contributed by atoms with Crippen molar-refractivity contribution in [3.8, 4) is 0 Å². The molecule has 1 amide bonds. The Bertz CT molecular complexity index is 284. The van der Waals surface area contributed by atoms with Gasteiger partial charge < -0.3 is 4.74 Å². The highest BCUT2D eigenvalue weighted by Crippen LogP contribution is 1.95. The Hall–Kier alpha value is -1.04. The number of sulfonamides is 1. The van der Waals surface area contributed by atoms with Gasteiger partial charge in [0.05, 0.1) is 12.4 Å². The summed E-state index contributed by atoms with van der Waals surface area (Å²) in [4.78, 5) is 10.8. The molecule has 14 heavy (non-hydrogen) atoms. The minimum Gasteiger partial charge on any atom is -0.449 e. The van der Waals surface area contributed by atoms with E-state index >= 15 is 0 Å². The summed E-state index contributed by atoms with van der Waals surface area (Å²) in [6.45, 7) is 5.21.